The van der Waals surface area contributed by atoms with Gasteiger partial charge in [-0.25, -0.2) is 8.42 Å². The highest BCUT2D eigenvalue weighted by Gasteiger charge is 2.29. The van der Waals surface area contributed by atoms with Crippen LogP contribution < -0.4 is 0 Å². The van der Waals surface area contributed by atoms with Crippen LogP contribution in [0, 0.1) is 0 Å². The van der Waals surface area contributed by atoms with Crippen molar-refractivity contribution in [2.45, 2.75) is 31.4 Å². The Bertz CT molecular complexity index is 493. The number of rotatable bonds is 6. The normalized spacial score (nSPS) is 15.0. The van der Waals surface area contributed by atoms with E-state index in [-0.39, 0.29) is 5.75 Å². The van der Waals surface area contributed by atoms with Gasteiger partial charge >= 0.3 is 5.97 Å². The molecule has 0 bridgehead atoms. The lowest BCUT2D eigenvalue weighted by Crippen LogP contribution is -2.28. The molecule has 1 aromatic carbocycles. The van der Waals surface area contributed by atoms with Gasteiger partial charge in [0, 0.05) is 0 Å². The predicted molar refractivity (Wildman–Crippen MR) is 70.4 cm³/mol. The molecule has 18 heavy (non-hydrogen) atoms. The van der Waals surface area contributed by atoms with Gasteiger partial charge in [0.25, 0.3) is 0 Å². The molecule has 0 spiro atoms. The maximum atomic E-state index is 12.0. The average Bonchev–Trinajstić information content (AvgIpc) is 2.35. The van der Waals surface area contributed by atoms with Gasteiger partial charge in [-0.05, 0) is 18.9 Å². The summed E-state index contributed by atoms with van der Waals surface area (Å²) >= 11 is 0. The van der Waals surface area contributed by atoms with Crippen LogP contribution in [-0.4, -0.2) is 30.5 Å². The second-order valence-electron chi connectivity index (χ2n) is 4.35. The van der Waals surface area contributed by atoms with E-state index < -0.39 is 27.0 Å². The number of hydrogen-bond donors (Lipinski definition) is 1. The molecule has 100 valence electrons. The van der Waals surface area contributed by atoms with Gasteiger partial charge in [0.2, 0.25) is 0 Å². The van der Waals surface area contributed by atoms with Crippen molar-refractivity contribution >= 4 is 15.8 Å². The Kier molecular flexibility index (Phi) is 4.90. The van der Waals surface area contributed by atoms with E-state index in [9.17, 15) is 18.3 Å². The lowest BCUT2D eigenvalue weighted by Gasteiger charge is -2.16. The van der Waals surface area contributed by atoms with Crippen LogP contribution in [0.25, 0.3) is 0 Å². The third-order valence-electron chi connectivity index (χ3n) is 3.09. The molecule has 0 saturated heterocycles. The van der Waals surface area contributed by atoms with E-state index in [0.29, 0.717) is 12.0 Å². The van der Waals surface area contributed by atoms with E-state index in [1.165, 1.54) is 0 Å². The predicted octanol–water partition coefficient (Wildman–Crippen LogP) is 2.07. The summed E-state index contributed by atoms with van der Waals surface area (Å²) in [6, 6.07) is 8.48. The molecule has 0 radical (unpaired) electrons. The lowest BCUT2D eigenvalue weighted by molar-refractivity contribution is -0.138. The topological polar surface area (TPSA) is 71.4 Å². The zero-order chi connectivity index (χ0) is 13.8. The number of carbonyl (C=O) groups is 1. The largest absolute Gasteiger partial charge is 0.481 e. The molecule has 0 amide bonds. The van der Waals surface area contributed by atoms with E-state index in [1.54, 1.807) is 44.2 Å². The van der Waals surface area contributed by atoms with Gasteiger partial charge in [-0.15, -0.1) is 0 Å². The summed E-state index contributed by atoms with van der Waals surface area (Å²) in [7, 11) is -3.38. The van der Waals surface area contributed by atoms with Crippen molar-refractivity contribution in [3.63, 3.8) is 0 Å². The van der Waals surface area contributed by atoms with Crippen LogP contribution in [-0.2, 0) is 14.6 Å². The van der Waals surface area contributed by atoms with Crippen LogP contribution in [0.1, 0.15) is 31.7 Å². The fraction of sp³-hybridized carbons (Fsp3) is 0.462. The fourth-order valence-electron chi connectivity index (χ4n) is 1.65. The van der Waals surface area contributed by atoms with Crippen molar-refractivity contribution in [3.8, 4) is 0 Å². The first-order valence-corrected chi connectivity index (χ1v) is 7.59. The van der Waals surface area contributed by atoms with Gasteiger partial charge in [0.1, 0.15) is 0 Å². The number of benzene rings is 1. The fourth-order valence-corrected chi connectivity index (χ4v) is 3.28. The molecular weight excluding hydrogens is 252 g/mol. The monoisotopic (exact) mass is 270 g/mol. The molecule has 2 atom stereocenters. The second-order valence-corrected chi connectivity index (χ2v) is 6.81. The summed E-state index contributed by atoms with van der Waals surface area (Å²) in [5.41, 5.74) is 0.525. The van der Waals surface area contributed by atoms with Crippen LogP contribution in [0.3, 0.4) is 0 Å². The number of hydrogen-bond acceptors (Lipinski definition) is 3. The van der Waals surface area contributed by atoms with Gasteiger partial charge in [0.05, 0.1) is 16.9 Å². The first-order chi connectivity index (χ1) is 8.38. The minimum absolute atomic E-state index is 0.346. The summed E-state index contributed by atoms with van der Waals surface area (Å²) in [4.78, 5) is 11.2. The van der Waals surface area contributed by atoms with Crippen LogP contribution >= 0.6 is 0 Å². The SMILES string of the molecule is CCC(C)S(=O)(=O)CC(C(=O)O)c1ccccc1. The molecule has 5 heteroatoms. The molecule has 0 heterocycles. The smallest absolute Gasteiger partial charge is 0.312 e. The number of aliphatic carboxylic acids is 1. The lowest BCUT2D eigenvalue weighted by atomic mass is 10.0. The third-order valence-corrected chi connectivity index (χ3v) is 5.44. The number of carboxylic acid groups (broad SMARTS) is 1. The van der Waals surface area contributed by atoms with E-state index in [4.69, 9.17) is 0 Å². The molecule has 1 rings (SSSR count). The zero-order valence-electron chi connectivity index (χ0n) is 10.5. The highest BCUT2D eigenvalue weighted by molar-refractivity contribution is 7.92. The first kappa shape index (κ1) is 14.7. The zero-order valence-corrected chi connectivity index (χ0v) is 11.4. The Balaban J connectivity index is 3.00. The highest BCUT2D eigenvalue weighted by Crippen LogP contribution is 2.21. The van der Waals surface area contributed by atoms with Crippen molar-refractivity contribution in [2.75, 3.05) is 5.75 Å². The maximum Gasteiger partial charge on any atom is 0.312 e. The van der Waals surface area contributed by atoms with E-state index in [2.05, 4.69) is 0 Å². The summed E-state index contributed by atoms with van der Waals surface area (Å²) < 4.78 is 24.0. The van der Waals surface area contributed by atoms with E-state index in [0.717, 1.165) is 0 Å². The molecule has 1 aromatic rings. The molecular formula is C13H18O4S. The Labute approximate surface area is 108 Å². The Morgan fingerprint density at radius 1 is 1.28 bits per heavy atom. The van der Waals surface area contributed by atoms with Gasteiger partial charge in [0.15, 0.2) is 9.84 Å². The summed E-state index contributed by atoms with van der Waals surface area (Å²) in [5, 5.41) is 8.67. The van der Waals surface area contributed by atoms with Gasteiger partial charge in [-0.2, -0.15) is 0 Å². The molecule has 0 aliphatic heterocycles. The molecule has 1 N–H and O–H groups in total. The summed E-state index contributed by atoms with van der Waals surface area (Å²) in [5.74, 6) is -2.44. The van der Waals surface area contributed by atoms with Crippen LogP contribution in [0.15, 0.2) is 30.3 Å². The Morgan fingerprint density at radius 3 is 2.28 bits per heavy atom. The minimum atomic E-state index is -3.38. The van der Waals surface area contributed by atoms with Gasteiger partial charge in [-0.1, -0.05) is 37.3 Å². The van der Waals surface area contributed by atoms with Crippen molar-refractivity contribution in [1.29, 1.82) is 0 Å². The molecule has 4 nitrogen and oxygen atoms in total. The Hall–Kier alpha value is -1.36. The standard InChI is InChI=1S/C13H18O4S/c1-3-10(2)18(16,17)9-12(13(14)15)11-7-5-4-6-8-11/h4-8,10,12H,3,9H2,1-2H3,(H,14,15). The molecule has 0 aromatic heterocycles. The third kappa shape index (κ3) is 3.57. The molecule has 0 aliphatic carbocycles. The summed E-state index contributed by atoms with van der Waals surface area (Å²) in [6.07, 6.45) is 0.490. The molecule has 0 fully saturated rings. The van der Waals surface area contributed by atoms with Crippen molar-refractivity contribution < 1.29 is 18.3 Å². The van der Waals surface area contributed by atoms with Crippen LogP contribution in [0.5, 0.6) is 0 Å². The van der Waals surface area contributed by atoms with Crippen molar-refractivity contribution in [2.24, 2.45) is 0 Å². The van der Waals surface area contributed by atoms with Crippen LogP contribution in [0.4, 0.5) is 0 Å². The summed E-state index contributed by atoms with van der Waals surface area (Å²) in [6.45, 7) is 3.39. The maximum absolute atomic E-state index is 12.0. The number of sulfone groups is 1. The number of carboxylic acids is 1. The second kappa shape index (κ2) is 6.00. The quantitative estimate of drug-likeness (QED) is 0.859. The van der Waals surface area contributed by atoms with Gasteiger partial charge in [-0.3, -0.25) is 4.79 Å². The van der Waals surface area contributed by atoms with Crippen LogP contribution in [0.2, 0.25) is 0 Å². The molecule has 0 saturated carbocycles. The molecule has 0 aliphatic rings. The molecule has 2 unspecified atom stereocenters. The van der Waals surface area contributed by atoms with Crippen molar-refractivity contribution in [1.82, 2.24) is 0 Å². The van der Waals surface area contributed by atoms with Crippen molar-refractivity contribution in [3.05, 3.63) is 35.9 Å². The Morgan fingerprint density at radius 2 is 1.83 bits per heavy atom. The average molecular weight is 270 g/mol. The minimum Gasteiger partial charge on any atom is -0.481 e. The van der Waals surface area contributed by atoms with Gasteiger partial charge < -0.3 is 5.11 Å². The van der Waals surface area contributed by atoms with E-state index in [1.807, 2.05) is 0 Å². The van der Waals surface area contributed by atoms with E-state index >= 15 is 0 Å². The highest BCUT2D eigenvalue weighted by atomic mass is 32.2. The first-order valence-electron chi connectivity index (χ1n) is 5.87.